The number of rotatable bonds is 41. The molecule has 0 aliphatic carbocycles. The average molecular weight is 863 g/mol. The summed E-state index contributed by atoms with van der Waals surface area (Å²) in [5.74, 6) is -0.400. The van der Waals surface area contributed by atoms with Gasteiger partial charge in [-0.1, -0.05) is 173 Å². The molecule has 1 aliphatic heterocycles. The van der Waals surface area contributed by atoms with Crippen LogP contribution in [0.3, 0.4) is 0 Å². The van der Waals surface area contributed by atoms with Crippen molar-refractivity contribution in [3.05, 3.63) is 24.3 Å². The van der Waals surface area contributed by atoms with Crippen molar-refractivity contribution in [2.45, 2.75) is 237 Å². The highest BCUT2D eigenvalue weighted by Crippen LogP contribution is 2.26. The number of ether oxygens (including phenoxy) is 4. The minimum atomic E-state index is -5.06. The van der Waals surface area contributed by atoms with Crippen LogP contribution >= 0.6 is 0 Å². The van der Waals surface area contributed by atoms with Crippen molar-refractivity contribution >= 4 is 16.4 Å². The van der Waals surface area contributed by atoms with E-state index in [1.165, 1.54) is 116 Å². The topological polar surface area (TPSA) is 178 Å². The third kappa shape index (κ3) is 32.0. The van der Waals surface area contributed by atoms with Gasteiger partial charge in [-0.3, -0.25) is 9.35 Å². The van der Waals surface area contributed by atoms with Gasteiger partial charge in [0.05, 0.1) is 19.8 Å². The molecule has 0 amide bonds. The van der Waals surface area contributed by atoms with E-state index in [9.17, 15) is 28.5 Å². The van der Waals surface area contributed by atoms with Crippen LogP contribution in [0.2, 0.25) is 0 Å². The molecule has 6 atom stereocenters. The summed E-state index contributed by atoms with van der Waals surface area (Å²) in [6, 6.07) is 0. The van der Waals surface area contributed by atoms with Crippen LogP contribution < -0.4 is 0 Å². The molecular weight excluding hydrogens is 777 g/mol. The van der Waals surface area contributed by atoms with Crippen LogP contribution in [-0.4, -0.2) is 97.5 Å². The van der Waals surface area contributed by atoms with Gasteiger partial charge in [0.25, 0.3) is 0 Å². The van der Waals surface area contributed by atoms with E-state index < -0.39 is 59.8 Å². The van der Waals surface area contributed by atoms with Gasteiger partial charge in [0.1, 0.15) is 30.5 Å². The SMILES string of the molecule is CCCCC/C=C\C/C=C\CCCCCCCCOCC(COC1OC(CO)C(O)C(OS(=O)(=O)O)C1O)OC(=O)CCCCCCCCCCCCCCCCCC. The first-order chi connectivity index (χ1) is 28.6. The molecule has 0 radical (unpaired) electrons. The van der Waals surface area contributed by atoms with Crippen LogP contribution in [-0.2, 0) is 38.3 Å². The number of hydrogen-bond acceptors (Lipinski definition) is 11. The van der Waals surface area contributed by atoms with E-state index >= 15 is 0 Å². The Morgan fingerprint density at radius 1 is 0.644 bits per heavy atom. The molecule has 0 spiro atoms. The largest absolute Gasteiger partial charge is 0.457 e. The summed E-state index contributed by atoms with van der Waals surface area (Å²) < 4.78 is 59.1. The summed E-state index contributed by atoms with van der Waals surface area (Å²) in [7, 11) is -5.06. The standard InChI is InChI=1S/C46H86O12S/c1-3-5-7-9-11-13-15-17-19-21-23-25-27-29-31-33-35-42(48)56-40(39-55-46-44(50)45(58-59(51,52)53)43(49)41(37-47)57-46)38-54-36-34-32-30-28-26-24-22-20-18-16-14-12-10-8-6-4-2/h12,14,18,20,40-41,43-47,49-50H,3-11,13,15-17,19,21-39H2,1-2H3,(H,51,52,53)/b14-12-,20-18-. The lowest BCUT2D eigenvalue weighted by Crippen LogP contribution is -2.60. The minimum absolute atomic E-state index is 0.0325. The van der Waals surface area contributed by atoms with Gasteiger partial charge in [0.15, 0.2) is 6.29 Å². The van der Waals surface area contributed by atoms with Crippen LogP contribution in [0.1, 0.15) is 200 Å². The third-order valence-electron chi connectivity index (χ3n) is 10.8. The first kappa shape index (κ1) is 55.6. The number of hydrogen-bond donors (Lipinski definition) is 4. The van der Waals surface area contributed by atoms with E-state index in [0.29, 0.717) is 13.0 Å². The van der Waals surface area contributed by atoms with Gasteiger partial charge in [0, 0.05) is 13.0 Å². The van der Waals surface area contributed by atoms with Crippen molar-refractivity contribution in [3.63, 3.8) is 0 Å². The van der Waals surface area contributed by atoms with E-state index in [0.717, 1.165) is 57.8 Å². The molecule has 1 saturated heterocycles. The normalized spacial score (nSPS) is 20.5. The third-order valence-corrected chi connectivity index (χ3v) is 11.3. The lowest BCUT2D eigenvalue weighted by molar-refractivity contribution is -0.301. The Morgan fingerprint density at radius 3 is 1.64 bits per heavy atom. The molecule has 0 saturated carbocycles. The fourth-order valence-electron chi connectivity index (χ4n) is 7.23. The molecule has 6 unspecified atom stereocenters. The van der Waals surface area contributed by atoms with Crippen molar-refractivity contribution in [2.24, 2.45) is 0 Å². The Bertz CT molecular complexity index is 1130. The summed E-state index contributed by atoms with van der Waals surface area (Å²) >= 11 is 0. The molecule has 0 aromatic heterocycles. The van der Waals surface area contributed by atoms with Crippen LogP contribution in [0, 0.1) is 0 Å². The van der Waals surface area contributed by atoms with E-state index in [1.807, 2.05) is 0 Å². The number of carbonyl (C=O) groups excluding carboxylic acids is 1. The van der Waals surface area contributed by atoms with Crippen LogP contribution in [0.15, 0.2) is 24.3 Å². The highest BCUT2D eigenvalue weighted by atomic mass is 32.3. The fraction of sp³-hybridized carbons (Fsp3) is 0.891. The second-order valence-electron chi connectivity index (χ2n) is 16.4. The molecule has 1 fully saturated rings. The summed E-state index contributed by atoms with van der Waals surface area (Å²) in [5, 5.41) is 30.7. The maximum Gasteiger partial charge on any atom is 0.397 e. The maximum atomic E-state index is 12.9. The molecule has 12 nitrogen and oxygen atoms in total. The van der Waals surface area contributed by atoms with Gasteiger partial charge in [-0.25, -0.2) is 4.18 Å². The molecular formula is C46H86O12S. The molecule has 0 bridgehead atoms. The molecule has 4 N–H and O–H groups in total. The molecule has 13 heteroatoms. The van der Waals surface area contributed by atoms with Crippen molar-refractivity contribution in [1.82, 2.24) is 0 Å². The molecule has 348 valence electrons. The number of aliphatic hydroxyl groups is 3. The molecule has 59 heavy (non-hydrogen) atoms. The first-order valence-electron chi connectivity index (χ1n) is 23.6. The zero-order chi connectivity index (χ0) is 43.2. The highest BCUT2D eigenvalue weighted by molar-refractivity contribution is 7.80. The quantitative estimate of drug-likeness (QED) is 0.0198. The number of aliphatic hydroxyl groups excluding tert-OH is 3. The maximum absolute atomic E-state index is 12.9. The molecule has 1 heterocycles. The molecule has 0 aromatic rings. The molecule has 1 rings (SSSR count). The van der Waals surface area contributed by atoms with Crippen molar-refractivity contribution in [1.29, 1.82) is 0 Å². The lowest BCUT2D eigenvalue weighted by Gasteiger charge is -2.41. The van der Waals surface area contributed by atoms with E-state index in [-0.39, 0.29) is 19.6 Å². The monoisotopic (exact) mass is 863 g/mol. The van der Waals surface area contributed by atoms with Gasteiger partial charge in [-0.05, 0) is 44.9 Å². The van der Waals surface area contributed by atoms with Crippen LogP contribution in [0.5, 0.6) is 0 Å². The lowest BCUT2D eigenvalue weighted by atomic mass is 9.99. The number of unbranched alkanes of at least 4 members (excludes halogenated alkanes) is 24. The summed E-state index contributed by atoms with van der Waals surface area (Å²) in [4.78, 5) is 12.9. The van der Waals surface area contributed by atoms with E-state index in [4.69, 9.17) is 23.5 Å². The Balaban J connectivity index is 2.41. The highest BCUT2D eigenvalue weighted by Gasteiger charge is 2.48. The molecule has 1 aliphatic rings. The summed E-state index contributed by atoms with van der Waals surface area (Å²) in [5.41, 5.74) is 0. The Morgan fingerprint density at radius 2 is 1.12 bits per heavy atom. The summed E-state index contributed by atoms with van der Waals surface area (Å²) in [6.45, 7) is 3.96. The van der Waals surface area contributed by atoms with E-state index in [1.54, 1.807) is 0 Å². The predicted molar refractivity (Wildman–Crippen MR) is 234 cm³/mol. The van der Waals surface area contributed by atoms with Crippen LogP contribution in [0.25, 0.3) is 0 Å². The smallest absolute Gasteiger partial charge is 0.397 e. The average Bonchev–Trinajstić information content (AvgIpc) is 3.20. The predicted octanol–water partition coefficient (Wildman–Crippen LogP) is 10.0. The molecule has 0 aromatic carbocycles. The zero-order valence-corrected chi connectivity index (χ0v) is 37.9. The Labute approximate surface area is 359 Å². The number of esters is 1. The minimum Gasteiger partial charge on any atom is -0.457 e. The van der Waals surface area contributed by atoms with Crippen molar-refractivity contribution in [3.8, 4) is 0 Å². The summed E-state index contributed by atoms with van der Waals surface area (Å²) in [6.07, 6.45) is 33.5. The van der Waals surface area contributed by atoms with Gasteiger partial charge in [0.2, 0.25) is 0 Å². The number of carbonyl (C=O) groups is 1. The van der Waals surface area contributed by atoms with Crippen molar-refractivity contribution in [2.75, 3.05) is 26.4 Å². The Kier molecular flexibility index (Phi) is 36.1. The van der Waals surface area contributed by atoms with Gasteiger partial charge >= 0.3 is 16.4 Å². The second kappa shape index (κ2) is 38.3. The van der Waals surface area contributed by atoms with Gasteiger partial charge in [-0.2, -0.15) is 8.42 Å². The van der Waals surface area contributed by atoms with Crippen molar-refractivity contribution < 1.29 is 56.2 Å². The Hall–Kier alpha value is -1.42. The second-order valence-corrected chi connectivity index (χ2v) is 17.4. The number of allylic oxidation sites excluding steroid dienone is 4. The zero-order valence-electron chi connectivity index (χ0n) is 37.1. The van der Waals surface area contributed by atoms with Crippen LogP contribution in [0.4, 0.5) is 0 Å². The van der Waals surface area contributed by atoms with Gasteiger partial charge < -0.3 is 34.3 Å². The van der Waals surface area contributed by atoms with Gasteiger partial charge in [-0.15, -0.1) is 0 Å². The fourth-order valence-corrected chi connectivity index (χ4v) is 7.74. The first-order valence-corrected chi connectivity index (χ1v) is 25.0. The van der Waals surface area contributed by atoms with E-state index in [2.05, 4.69) is 42.3 Å².